The maximum atomic E-state index is 14.5. The lowest BCUT2D eigenvalue weighted by atomic mass is 9.95. The van der Waals surface area contributed by atoms with Crippen molar-refractivity contribution in [2.75, 3.05) is 7.11 Å². The number of fused-ring (bicyclic) bond motifs is 2. The quantitative estimate of drug-likeness (QED) is 0.107. The average Bonchev–Trinajstić information content (AvgIpc) is 3.42. The molecule has 2 aromatic carbocycles. The van der Waals surface area contributed by atoms with E-state index in [1.165, 1.54) is 40.5 Å². The Balaban J connectivity index is 1.87. The molecule has 0 unspecified atom stereocenters. The molecule has 206 valence electrons. The average molecular weight is 559 g/mol. The van der Waals surface area contributed by atoms with Gasteiger partial charge in [0.2, 0.25) is 5.78 Å². The first kappa shape index (κ1) is 27.0. The van der Waals surface area contributed by atoms with Crippen LogP contribution in [0.15, 0.2) is 42.6 Å². The summed E-state index contributed by atoms with van der Waals surface area (Å²) in [5, 5.41) is 0. The van der Waals surface area contributed by atoms with E-state index in [0.717, 1.165) is 6.07 Å². The highest BCUT2D eigenvalue weighted by molar-refractivity contribution is 6.10. The van der Waals surface area contributed by atoms with Crippen molar-refractivity contribution in [3.8, 4) is 16.9 Å². The molecule has 0 atom stereocenters. The molecule has 5 aromatic rings. The summed E-state index contributed by atoms with van der Waals surface area (Å²) < 4.78 is 93.1. The molecule has 0 saturated carbocycles. The van der Waals surface area contributed by atoms with Crippen molar-refractivity contribution < 1.29 is 40.7 Å². The summed E-state index contributed by atoms with van der Waals surface area (Å²) in [7, 11) is 2.78. The highest BCUT2D eigenvalue weighted by Crippen LogP contribution is 2.47. The molecule has 0 N–H and O–H groups in total. The topological polar surface area (TPSA) is 65.6 Å². The molecule has 0 aliphatic carbocycles. The number of hydrogen-bond donors (Lipinski definition) is 0. The number of halogens is 6. The van der Waals surface area contributed by atoms with E-state index in [1.54, 1.807) is 14.0 Å². The zero-order chi connectivity index (χ0) is 29.1. The Morgan fingerprint density at radius 3 is 2.38 bits per heavy atom. The molecule has 0 aliphatic heterocycles. The summed E-state index contributed by atoms with van der Waals surface area (Å²) in [6, 6.07) is 6.00. The van der Waals surface area contributed by atoms with Crippen LogP contribution < -0.4 is 4.74 Å². The fourth-order valence-corrected chi connectivity index (χ4v) is 4.90. The van der Waals surface area contributed by atoms with Crippen molar-refractivity contribution in [1.29, 1.82) is 0 Å². The Morgan fingerprint density at radius 1 is 1.10 bits per heavy atom. The van der Waals surface area contributed by atoms with Crippen molar-refractivity contribution in [3.05, 3.63) is 88.3 Å². The summed E-state index contributed by atoms with van der Waals surface area (Å²) in [6.45, 7) is 1.63. The van der Waals surface area contributed by atoms with Crippen molar-refractivity contribution in [2.24, 2.45) is 7.05 Å². The van der Waals surface area contributed by atoms with Gasteiger partial charge in [0.05, 0.1) is 29.4 Å². The van der Waals surface area contributed by atoms with Crippen LogP contribution in [0, 0.1) is 24.4 Å². The lowest BCUT2D eigenvalue weighted by Gasteiger charge is -2.19. The van der Waals surface area contributed by atoms with Gasteiger partial charge in [-0.2, -0.15) is 13.2 Å². The SMILES string of the molecule is COc1c(-c2cccn3c(C(=O)c4cc(F)c(F)c(F)c4)cc(CC=O)c23)c(C(F)(F)F)cc2c1nc(C)n2C. The standard InChI is InChI=1S/C28H19F6N3O3/c1-13-35-24-20(36(13)2)12-17(28(32,33)34)22(27(24)40-3)16-5-4-7-37-21(11-14(6-8-38)25(16)37)26(39)15-9-18(29)23(31)19(30)10-15/h4-5,7-12H,6H2,1-3H3. The molecule has 6 nitrogen and oxygen atoms in total. The molecule has 12 heteroatoms. The second kappa shape index (κ2) is 9.54. The van der Waals surface area contributed by atoms with Gasteiger partial charge in [0.15, 0.2) is 23.2 Å². The molecule has 40 heavy (non-hydrogen) atoms. The van der Waals surface area contributed by atoms with Gasteiger partial charge >= 0.3 is 6.18 Å². The van der Waals surface area contributed by atoms with E-state index in [2.05, 4.69) is 4.98 Å². The molecule has 3 heterocycles. The molecule has 5 rings (SSSR count). The molecule has 0 radical (unpaired) electrons. The van der Waals surface area contributed by atoms with Gasteiger partial charge in [-0.05, 0) is 42.8 Å². The first-order valence-electron chi connectivity index (χ1n) is 11.8. The number of alkyl halides is 3. The number of pyridine rings is 1. The summed E-state index contributed by atoms with van der Waals surface area (Å²) >= 11 is 0. The van der Waals surface area contributed by atoms with Crippen LogP contribution in [-0.4, -0.2) is 33.1 Å². The number of carbonyl (C=O) groups excluding carboxylic acids is 2. The van der Waals surface area contributed by atoms with Crippen LogP contribution in [0.5, 0.6) is 5.75 Å². The van der Waals surface area contributed by atoms with E-state index in [0.29, 0.717) is 24.2 Å². The number of benzene rings is 2. The Kier molecular flexibility index (Phi) is 6.43. The van der Waals surface area contributed by atoms with E-state index >= 15 is 0 Å². The molecular weight excluding hydrogens is 540 g/mol. The van der Waals surface area contributed by atoms with Gasteiger partial charge in [-0.25, -0.2) is 18.2 Å². The Bertz CT molecular complexity index is 1830. The molecule has 3 aromatic heterocycles. The maximum absolute atomic E-state index is 14.5. The van der Waals surface area contributed by atoms with Gasteiger partial charge in [-0.3, -0.25) is 4.79 Å². The Labute approximate surface area is 222 Å². The van der Waals surface area contributed by atoms with Crippen molar-refractivity contribution in [3.63, 3.8) is 0 Å². The van der Waals surface area contributed by atoms with Crippen LogP contribution >= 0.6 is 0 Å². The molecule has 0 amide bonds. The third-order valence-electron chi connectivity index (χ3n) is 6.78. The van der Waals surface area contributed by atoms with E-state index in [-0.39, 0.29) is 51.1 Å². The highest BCUT2D eigenvalue weighted by atomic mass is 19.4. The first-order valence-corrected chi connectivity index (χ1v) is 11.8. The number of methoxy groups -OCH3 is 1. The van der Waals surface area contributed by atoms with Crippen molar-refractivity contribution in [2.45, 2.75) is 19.5 Å². The lowest BCUT2D eigenvalue weighted by Crippen LogP contribution is -2.10. The predicted molar refractivity (Wildman–Crippen MR) is 133 cm³/mol. The van der Waals surface area contributed by atoms with Gasteiger partial charge in [-0.1, -0.05) is 6.07 Å². The largest absolute Gasteiger partial charge is 0.494 e. The summed E-state index contributed by atoms with van der Waals surface area (Å²) in [6.07, 6.45) is -3.28. The zero-order valence-corrected chi connectivity index (χ0v) is 21.2. The van der Waals surface area contributed by atoms with E-state index in [4.69, 9.17) is 4.74 Å². The summed E-state index contributed by atoms with van der Waals surface area (Å²) in [5.74, 6) is -5.61. The van der Waals surface area contributed by atoms with Crippen LogP contribution in [0.25, 0.3) is 27.7 Å². The number of ketones is 1. The highest BCUT2D eigenvalue weighted by Gasteiger charge is 2.38. The normalized spacial score (nSPS) is 11.9. The summed E-state index contributed by atoms with van der Waals surface area (Å²) in [4.78, 5) is 29.3. The molecule has 0 bridgehead atoms. The Morgan fingerprint density at radius 2 is 1.77 bits per heavy atom. The van der Waals surface area contributed by atoms with E-state index < -0.39 is 40.5 Å². The van der Waals surface area contributed by atoms with Crippen LogP contribution in [0.1, 0.15) is 33.0 Å². The monoisotopic (exact) mass is 559 g/mol. The molecule has 0 aliphatic rings. The van der Waals surface area contributed by atoms with Gasteiger partial charge in [-0.15, -0.1) is 0 Å². The predicted octanol–water partition coefficient (Wildman–Crippen LogP) is 6.22. The van der Waals surface area contributed by atoms with Crippen LogP contribution in [0.2, 0.25) is 0 Å². The maximum Gasteiger partial charge on any atom is 0.417 e. The fourth-order valence-electron chi connectivity index (χ4n) is 4.90. The van der Waals surface area contributed by atoms with E-state index in [9.17, 15) is 35.9 Å². The van der Waals surface area contributed by atoms with E-state index in [1.807, 2.05) is 0 Å². The van der Waals surface area contributed by atoms with Crippen molar-refractivity contribution in [1.82, 2.24) is 14.0 Å². The third kappa shape index (κ3) is 4.10. The number of aryl methyl sites for hydroxylation is 2. The van der Waals surface area contributed by atoms with Crippen molar-refractivity contribution >= 4 is 28.6 Å². The number of imidazole rings is 1. The lowest BCUT2D eigenvalue weighted by molar-refractivity contribution is -0.137. The number of hydrogen-bond acceptors (Lipinski definition) is 4. The second-order valence-electron chi connectivity index (χ2n) is 9.06. The minimum absolute atomic E-state index is 0.0238. The number of carbonyl (C=O) groups is 2. The number of ether oxygens (including phenoxy) is 1. The number of rotatable bonds is 6. The van der Waals surface area contributed by atoms with Crippen LogP contribution in [0.4, 0.5) is 26.3 Å². The minimum atomic E-state index is -4.85. The molecular formula is C28H19F6N3O3. The smallest absolute Gasteiger partial charge is 0.417 e. The van der Waals surface area contributed by atoms with Gasteiger partial charge in [0.1, 0.15) is 17.6 Å². The zero-order valence-electron chi connectivity index (χ0n) is 21.2. The first-order chi connectivity index (χ1) is 18.9. The third-order valence-corrected chi connectivity index (χ3v) is 6.78. The molecule has 0 saturated heterocycles. The minimum Gasteiger partial charge on any atom is -0.494 e. The molecule has 0 spiro atoms. The number of aldehydes is 1. The van der Waals surface area contributed by atoms with Gasteiger partial charge < -0.3 is 18.5 Å². The number of nitrogens with zero attached hydrogens (tertiary/aromatic N) is 3. The fraction of sp³-hybridized carbons (Fsp3) is 0.179. The van der Waals surface area contributed by atoms with Gasteiger partial charge in [0, 0.05) is 36.4 Å². The number of aromatic nitrogens is 3. The van der Waals surface area contributed by atoms with Crippen LogP contribution in [0.3, 0.4) is 0 Å². The van der Waals surface area contributed by atoms with Gasteiger partial charge in [0.25, 0.3) is 0 Å². The van der Waals surface area contributed by atoms with Crippen LogP contribution in [-0.2, 0) is 24.4 Å². The Hall–Kier alpha value is -4.61. The molecule has 0 fully saturated rings. The summed E-state index contributed by atoms with van der Waals surface area (Å²) in [5.41, 5.74) is -1.58. The second-order valence-corrected chi connectivity index (χ2v) is 9.06.